The minimum atomic E-state index is -0.801. The van der Waals surface area contributed by atoms with Gasteiger partial charge in [-0.15, -0.1) is 0 Å². The Morgan fingerprint density at radius 2 is 1.76 bits per heavy atom. The Bertz CT molecular complexity index is 1060. The fourth-order valence-corrected chi connectivity index (χ4v) is 3.49. The average Bonchev–Trinajstić information content (AvgIpc) is 2.87. The van der Waals surface area contributed by atoms with Gasteiger partial charge >= 0.3 is 0 Å². The number of carbonyl (C=O) groups excluding carboxylic acids is 1. The minimum Gasteiger partial charge on any atom is -0.506 e. The molecule has 3 aromatic rings. The van der Waals surface area contributed by atoms with Crippen LogP contribution < -0.4 is 20.1 Å². The molecular formula is C26H30N2O6. The Hall–Kier alpha value is -3.59. The maximum Gasteiger partial charge on any atom is 0.211 e. The van der Waals surface area contributed by atoms with Crippen molar-refractivity contribution in [2.75, 3.05) is 32.1 Å². The number of phenolic OH excluding ortho intramolecular Hbond substituents is 1. The third-order valence-electron chi connectivity index (χ3n) is 5.38. The quantitative estimate of drug-likeness (QED) is 0.149. The van der Waals surface area contributed by atoms with Crippen LogP contribution in [0.3, 0.4) is 0 Å². The van der Waals surface area contributed by atoms with Gasteiger partial charge in [-0.25, -0.2) is 0 Å². The summed E-state index contributed by atoms with van der Waals surface area (Å²) in [5.74, 6) is 1.22. The third kappa shape index (κ3) is 6.95. The van der Waals surface area contributed by atoms with Crippen molar-refractivity contribution in [3.63, 3.8) is 0 Å². The maximum atomic E-state index is 10.6. The summed E-state index contributed by atoms with van der Waals surface area (Å²) in [6.45, 7) is 1.09. The second-order valence-corrected chi connectivity index (χ2v) is 7.72. The van der Waals surface area contributed by atoms with Crippen molar-refractivity contribution in [1.82, 2.24) is 5.32 Å². The van der Waals surface area contributed by atoms with E-state index in [-0.39, 0.29) is 18.0 Å². The Morgan fingerprint density at radius 3 is 2.50 bits per heavy atom. The number of amides is 1. The number of para-hydroxylation sites is 1. The molecule has 0 aliphatic heterocycles. The van der Waals surface area contributed by atoms with Crippen LogP contribution in [-0.4, -0.2) is 48.5 Å². The van der Waals surface area contributed by atoms with Crippen LogP contribution in [0.25, 0.3) is 0 Å². The van der Waals surface area contributed by atoms with Crippen molar-refractivity contribution in [3.05, 3.63) is 83.4 Å². The van der Waals surface area contributed by atoms with E-state index in [1.165, 1.54) is 6.07 Å². The van der Waals surface area contributed by atoms with Gasteiger partial charge in [0.05, 0.1) is 18.9 Å². The van der Waals surface area contributed by atoms with Crippen molar-refractivity contribution in [2.24, 2.45) is 0 Å². The van der Waals surface area contributed by atoms with Crippen molar-refractivity contribution < 1.29 is 29.6 Å². The maximum absolute atomic E-state index is 10.6. The molecule has 1 unspecified atom stereocenters. The Balaban J connectivity index is 1.42. The Labute approximate surface area is 198 Å². The number of anilines is 1. The van der Waals surface area contributed by atoms with Crippen molar-refractivity contribution in [2.45, 2.75) is 18.6 Å². The lowest BCUT2D eigenvalue weighted by atomic mass is 10.1. The highest BCUT2D eigenvalue weighted by Gasteiger charge is 2.14. The molecule has 0 heterocycles. The highest BCUT2D eigenvalue weighted by atomic mass is 16.5. The van der Waals surface area contributed by atoms with Crippen LogP contribution in [0, 0.1) is 0 Å². The fraction of sp³-hybridized carbons (Fsp3) is 0.269. The largest absolute Gasteiger partial charge is 0.506 e. The fourth-order valence-electron chi connectivity index (χ4n) is 3.49. The molecule has 0 saturated heterocycles. The summed E-state index contributed by atoms with van der Waals surface area (Å²) in [7, 11) is 1.57. The lowest BCUT2D eigenvalue weighted by Crippen LogP contribution is -2.23. The molecule has 34 heavy (non-hydrogen) atoms. The minimum absolute atomic E-state index is 0.0577. The van der Waals surface area contributed by atoms with Crippen LogP contribution in [0.15, 0.2) is 66.7 Å². The number of carbonyl (C=O) groups is 1. The zero-order valence-electron chi connectivity index (χ0n) is 19.0. The second kappa shape index (κ2) is 12.6. The molecule has 3 aromatic carbocycles. The molecule has 8 nitrogen and oxygen atoms in total. The molecule has 0 aliphatic carbocycles. The number of benzene rings is 3. The van der Waals surface area contributed by atoms with E-state index in [0.717, 1.165) is 12.0 Å². The number of hydrogen-bond acceptors (Lipinski definition) is 7. The van der Waals surface area contributed by atoms with Gasteiger partial charge in [0.15, 0.2) is 0 Å². The van der Waals surface area contributed by atoms with Gasteiger partial charge < -0.3 is 35.4 Å². The SMILES string of the molecule is COc1ccccc1C(O)COc1ccc(CCNC[C@H](O)c2ccc(O)c(NC=O)c2)cc1. The van der Waals surface area contributed by atoms with Gasteiger partial charge in [-0.2, -0.15) is 0 Å². The van der Waals surface area contributed by atoms with E-state index in [1.807, 2.05) is 42.5 Å². The molecule has 0 saturated carbocycles. The highest BCUT2D eigenvalue weighted by molar-refractivity contribution is 5.75. The van der Waals surface area contributed by atoms with E-state index in [0.29, 0.717) is 42.1 Å². The van der Waals surface area contributed by atoms with Gasteiger partial charge in [0.25, 0.3) is 0 Å². The molecule has 180 valence electrons. The van der Waals surface area contributed by atoms with Gasteiger partial charge in [-0.05, 0) is 54.4 Å². The topological polar surface area (TPSA) is 120 Å². The molecule has 2 atom stereocenters. The molecule has 0 radical (unpaired) electrons. The van der Waals surface area contributed by atoms with Crippen LogP contribution >= 0.6 is 0 Å². The highest BCUT2D eigenvalue weighted by Crippen LogP contribution is 2.27. The number of ether oxygens (including phenoxy) is 2. The summed E-state index contributed by atoms with van der Waals surface area (Å²) in [4.78, 5) is 10.6. The summed E-state index contributed by atoms with van der Waals surface area (Å²) >= 11 is 0. The van der Waals surface area contributed by atoms with Crippen LogP contribution in [0.2, 0.25) is 0 Å². The van der Waals surface area contributed by atoms with Crippen molar-refractivity contribution in [3.8, 4) is 17.2 Å². The van der Waals surface area contributed by atoms with E-state index in [4.69, 9.17) is 9.47 Å². The van der Waals surface area contributed by atoms with E-state index >= 15 is 0 Å². The van der Waals surface area contributed by atoms with Gasteiger partial charge in [0.2, 0.25) is 6.41 Å². The number of phenols is 1. The number of rotatable bonds is 13. The Morgan fingerprint density at radius 1 is 1.00 bits per heavy atom. The lowest BCUT2D eigenvalue weighted by molar-refractivity contribution is -0.105. The molecular weight excluding hydrogens is 436 g/mol. The first kappa shape index (κ1) is 25.0. The van der Waals surface area contributed by atoms with E-state index in [9.17, 15) is 20.1 Å². The predicted molar refractivity (Wildman–Crippen MR) is 129 cm³/mol. The lowest BCUT2D eigenvalue weighted by Gasteiger charge is -2.16. The van der Waals surface area contributed by atoms with Crippen molar-refractivity contribution in [1.29, 1.82) is 0 Å². The summed E-state index contributed by atoms with van der Waals surface area (Å²) in [6, 6.07) is 19.5. The molecule has 5 N–H and O–H groups in total. The number of aromatic hydroxyl groups is 1. The first-order valence-corrected chi connectivity index (χ1v) is 11.0. The summed E-state index contributed by atoms with van der Waals surface area (Å²) in [6.07, 6.45) is -0.351. The van der Waals surface area contributed by atoms with Gasteiger partial charge in [0, 0.05) is 12.1 Å². The van der Waals surface area contributed by atoms with Gasteiger partial charge in [0.1, 0.15) is 30.0 Å². The zero-order chi connectivity index (χ0) is 24.3. The molecule has 0 fully saturated rings. The van der Waals surface area contributed by atoms with Crippen LogP contribution in [-0.2, 0) is 11.2 Å². The molecule has 3 rings (SSSR count). The van der Waals surface area contributed by atoms with Gasteiger partial charge in [-0.3, -0.25) is 4.79 Å². The third-order valence-corrected chi connectivity index (χ3v) is 5.38. The first-order valence-electron chi connectivity index (χ1n) is 11.0. The number of hydrogen-bond donors (Lipinski definition) is 5. The van der Waals surface area contributed by atoms with E-state index < -0.39 is 12.2 Å². The molecule has 0 aromatic heterocycles. The second-order valence-electron chi connectivity index (χ2n) is 7.72. The van der Waals surface area contributed by atoms with Gasteiger partial charge in [-0.1, -0.05) is 36.4 Å². The molecule has 0 spiro atoms. The molecule has 8 heteroatoms. The Kier molecular flexibility index (Phi) is 9.28. The standard InChI is InChI=1S/C26H30N2O6/c1-33-26-5-3-2-4-21(26)25(32)16-34-20-9-6-18(7-10-20)12-13-27-15-24(31)19-8-11-23(30)22(14-19)28-17-29/h2-11,14,17,24-25,27,30-32H,12-13,15-16H2,1H3,(H,28,29)/t24-,25?/m0/s1. The summed E-state index contributed by atoms with van der Waals surface area (Å²) < 4.78 is 11.0. The van der Waals surface area contributed by atoms with E-state index in [1.54, 1.807) is 25.3 Å². The molecule has 0 aliphatic rings. The molecule has 1 amide bonds. The summed E-state index contributed by atoms with van der Waals surface area (Å²) in [5, 5.41) is 36.1. The van der Waals surface area contributed by atoms with Crippen LogP contribution in [0.4, 0.5) is 5.69 Å². The summed E-state index contributed by atoms with van der Waals surface area (Å²) in [5.41, 5.74) is 2.62. The first-order chi connectivity index (χ1) is 16.5. The predicted octanol–water partition coefficient (Wildman–Crippen LogP) is 2.95. The number of aliphatic hydroxyl groups is 2. The monoisotopic (exact) mass is 466 g/mol. The smallest absolute Gasteiger partial charge is 0.211 e. The average molecular weight is 467 g/mol. The zero-order valence-corrected chi connectivity index (χ0v) is 19.0. The van der Waals surface area contributed by atoms with Crippen molar-refractivity contribution >= 4 is 12.1 Å². The number of aliphatic hydroxyl groups excluding tert-OH is 2. The number of nitrogens with one attached hydrogen (secondary N) is 2. The van der Waals surface area contributed by atoms with Crippen LogP contribution in [0.1, 0.15) is 28.9 Å². The van der Waals surface area contributed by atoms with E-state index in [2.05, 4.69) is 10.6 Å². The molecule has 0 bridgehead atoms. The number of methoxy groups -OCH3 is 1. The van der Waals surface area contributed by atoms with Crippen LogP contribution in [0.5, 0.6) is 17.2 Å². The normalized spacial score (nSPS) is 12.6.